The van der Waals surface area contributed by atoms with E-state index in [2.05, 4.69) is 30.9 Å². The molecule has 2 atom stereocenters. The minimum absolute atomic E-state index is 0.446. The average molecular weight is 238 g/mol. The zero-order valence-corrected chi connectivity index (χ0v) is 11.1. The molecule has 2 nitrogen and oxygen atoms in total. The zero-order chi connectivity index (χ0) is 11.5. The van der Waals surface area contributed by atoms with E-state index in [0.29, 0.717) is 6.04 Å². The van der Waals surface area contributed by atoms with Crippen LogP contribution in [0.5, 0.6) is 0 Å². The first kappa shape index (κ1) is 12.1. The minimum Gasteiger partial charge on any atom is -0.329 e. The Morgan fingerprint density at radius 3 is 2.94 bits per heavy atom. The molecule has 0 aromatic carbocycles. The second kappa shape index (κ2) is 5.30. The molecule has 0 radical (unpaired) electrons. The second-order valence-corrected chi connectivity index (χ2v) is 6.26. The Bertz CT molecular complexity index is 334. The molecule has 2 N–H and O–H groups in total. The number of aryl methyl sites for hydroxylation is 1. The number of nitrogens with two attached hydrogens (primary N) is 1. The molecule has 0 saturated carbocycles. The third kappa shape index (κ3) is 2.65. The van der Waals surface area contributed by atoms with E-state index in [-0.39, 0.29) is 0 Å². The molecule has 3 heteroatoms. The molecular weight excluding hydrogens is 216 g/mol. The van der Waals surface area contributed by atoms with Crippen LogP contribution in [-0.4, -0.2) is 24.5 Å². The quantitative estimate of drug-likeness (QED) is 0.877. The van der Waals surface area contributed by atoms with Gasteiger partial charge in [-0.25, -0.2) is 0 Å². The first-order valence-corrected chi connectivity index (χ1v) is 7.03. The molecule has 2 rings (SSSR count). The lowest BCUT2D eigenvalue weighted by Gasteiger charge is -2.36. The lowest BCUT2D eigenvalue weighted by Crippen LogP contribution is -2.40. The van der Waals surface area contributed by atoms with Gasteiger partial charge in [-0.3, -0.25) is 4.90 Å². The summed E-state index contributed by atoms with van der Waals surface area (Å²) in [4.78, 5) is 5.40. The predicted octanol–water partition coefficient (Wildman–Crippen LogP) is 2.79. The van der Waals surface area contributed by atoms with Crippen LogP contribution in [-0.2, 0) is 0 Å². The highest BCUT2D eigenvalue weighted by atomic mass is 32.1. The summed E-state index contributed by atoms with van der Waals surface area (Å²) in [5, 5.41) is 0. The van der Waals surface area contributed by atoms with Crippen molar-refractivity contribution in [1.29, 1.82) is 0 Å². The number of nitrogens with zero attached hydrogens (tertiary/aromatic N) is 1. The number of hydrogen-bond acceptors (Lipinski definition) is 3. The summed E-state index contributed by atoms with van der Waals surface area (Å²) >= 11 is 1.89. The summed E-state index contributed by atoms with van der Waals surface area (Å²) in [5.74, 6) is 0.823. The Morgan fingerprint density at radius 2 is 2.38 bits per heavy atom. The fourth-order valence-electron chi connectivity index (χ4n) is 2.59. The lowest BCUT2D eigenvalue weighted by molar-refractivity contribution is 0.135. The molecule has 1 aliphatic heterocycles. The molecule has 90 valence electrons. The van der Waals surface area contributed by atoms with Crippen LogP contribution < -0.4 is 5.73 Å². The largest absolute Gasteiger partial charge is 0.329 e. The Labute approximate surface area is 102 Å². The summed E-state index contributed by atoms with van der Waals surface area (Å²) in [6.45, 7) is 7.68. The molecule has 1 saturated heterocycles. The fourth-order valence-corrected chi connectivity index (χ4v) is 3.61. The van der Waals surface area contributed by atoms with Gasteiger partial charge in [-0.15, -0.1) is 11.3 Å². The maximum Gasteiger partial charge on any atom is 0.0564 e. The summed E-state index contributed by atoms with van der Waals surface area (Å²) in [7, 11) is 0. The van der Waals surface area contributed by atoms with Crippen LogP contribution in [0.2, 0.25) is 0 Å². The highest BCUT2D eigenvalue weighted by molar-refractivity contribution is 7.12. The van der Waals surface area contributed by atoms with Crippen molar-refractivity contribution >= 4 is 11.3 Å². The van der Waals surface area contributed by atoms with E-state index in [1.807, 2.05) is 11.3 Å². The lowest BCUT2D eigenvalue weighted by atomic mass is 9.98. The summed E-state index contributed by atoms with van der Waals surface area (Å²) in [5.41, 5.74) is 5.96. The number of thiophene rings is 1. The van der Waals surface area contributed by atoms with Gasteiger partial charge in [-0.2, -0.15) is 0 Å². The molecule has 0 spiro atoms. The molecule has 1 fully saturated rings. The van der Waals surface area contributed by atoms with E-state index >= 15 is 0 Å². The third-order valence-electron chi connectivity index (χ3n) is 3.44. The molecule has 1 aliphatic rings. The molecule has 1 aromatic heterocycles. The van der Waals surface area contributed by atoms with Crippen LogP contribution in [0.1, 0.15) is 35.6 Å². The normalized spacial score (nSPS) is 24.6. The number of piperidine rings is 1. The maximum atomic E-state index is 5.96. The Balaban J connectivity index is 2.09. The van der Waals surface area contributed by atoms with Crippen LogP contribution in [0.4, 0.5) is 0 Å². The third-order valence-corrected chi connectivity index (χ3v) is 4.54. The highest BCUT2D eigenvalue weighted by Crippen LogP contribution is 2.30. The monoisotopic (exact) mass is 238 g/mol. The van der Waals surface area contributed by atoms with Crippen molar-refractivity contribution in [3.05, 3.63) is 21.9 Å². The molecule has 1 aromatic rings. The van der Waals surface area contributed by atoms with Crippen molar-refractivity contribution in [2.75, 3.05) is 19.6 Å². The van der Waals surface area contributed by atoms with Gasteiger partial charge in [0, 0.05) is 22.8 Å². The fraction of sp³-hybridized carbons (Fsp3) is 0.692. The van der Waals surface area contributed by atoms with Gasteiger partial charge in [0.1, 0.15) is 0 Å². The zero-order valence-electron chi connectivity index (χ0n) is 10.3. The van der Waals surface area contributed by atoms with Gasteiger partial charge in [0.15, 0.2) is 0 Å². The van der Waals surface area contributed by atoms with Crippen molar-refractivity contribution in [2.45, 2.75) is 32.7 Å². The van der Waals surface area contributed by atoms with E-state index in [1.165, 1.54) is 35.7 Å². The van der Waals surface area contributed by atoms with Crippen molar-refractivity contribution in [3.63, 3.8) is 0 Å². The van der Waals surface area contributed by atoms with Gasteiger partial charge < -0.3 is 5.73 Å². The standard InChI is InChI=1S/C13H22N2S/c1-10-4-3-7-15(9-10)12(8-14)13-6-5-11(2)16-13/h5-6,10,12H,3-4,7-9,14H2,1-2H3. The summed E-state index contributed by atoms with van der Waals surface area (Å²) in [6.07, 6.45) is 2.69. The van der Waals surface area contributed by atoms with E-state index in [0.717, 1.165) is 12.5 Å². The Hall–Kier alpha value is -0.380. The van der Waals surface area contributed by atoms with Crippen molar-refractivity contribution < 1.29 is 0 Å². The van der Waals surface area contributed by atoms with Gasteiger partial charge in [0.25, 0.3) is 0 Å². The van der Waals surface area contributed by atoms with Gasteiger partial charge in [0.05, 0.1) is 6.04 Å². The van der Waals surface area contributed by atoms with E-state index in [9.17, 15) is 0 Å². The first-order chi connectivity index (χ1) is 7.70. The van der Waals surface area contributed by atoms with Gasteiger partial charge in [0.2, 0.25) is 0 Å². The number of hydrogen-bond donors (Lipinski definition) is 1. The van der Waals surface area contributed by atoms with Crippen LogP contribution >= 0.6 is 11.3 Å². The summed E-state index contributed by atoms with van der Waals surface area (Å²) < 4.78 is 0. The van der Waals surface area contributed by atoms with Crippen molar-refractivity contribution in [2.24, 2.45) is 11.7 Å². The molecule has 0 bridgehead atoms. The van der Waals surface area contributed by atoms with E-state index in [1.54, 1.807) is 0 Å². The van der Waals surface area contributed by atoms with Gasteiger partial charge >= 0.3 is 0 Å². The van der Waals surface area contributed by atoms with Crippen molar-refractivity contribution in [1.82, 2.24) is 4.90 Å². The van der Waals surface area contributed by atoms with Crippen molar-refractivity contribution in [3.8, 4) is 0 Å². The molecule has 0 amide bonds. The predicted molar refractivity (Wildman–Crippen MR) is 70.8 cm³/mol. The van der Waals surface area contributed by atoms with Gasteiger partial charge in [-0.1, -0.05) is 6.92 Å². The maximum absolute atomic E-state index is 5.96. The molecule has 16 heavy (non-hydrogen) atoms. The Kier molecular flexibility index (Phi) is 4.00. The smallest absolute Gasteiger partial charge is 0.0564 e. The van der Waals surface area contributed by atoms with Crippen LogP contribution in [0.25, 0.3) is 0 Å². The molecule has 2 heterocycles. The topological polar surface area (TPSA) is 29.3 Å². The summed E-state index contributed by atoms with van der Waals surface area (Å²) in [6, 6.07) is 4.90. The first-order valence-electron chi connectivity index (χ1n) is 6.21. The SMILES string of the molecule is Cc1ccc(C(CN)N2CCCC(C)C2)s1. The molecular formula is C13H22N2S. The van der Waals surface area contributed by atoms with Crippen LogP contribution in [0.3, 0.4) is 0 Å². The second-order valence-electron chi connectivity index (χ2n) is 4.94. The average Bonchev–Trinajstić information content (AvgIpc) is 2.66. The molecule has 2 unspecified atom stereocenters. The minimum atomic E-state index is 0.446. The highest BCUT2D eigenvalue weighted by Gasteiger charge is 2.24. The van der Waals surface area contributed by atoms with Crippen LogP contribution in [0, 0.1) is 12.8 Å². The van der Waals surface area contributed by atoms with Crippen LogP contribution in [0.15, 0.2) is 12.1 Å². The Morgan fingerprint density at radius 1 is 1.56 bits per heavy atom. The number of likely N-dealkylation sites (tertiary alicyclic amines) is 1. The van der Waals surface area contributed by atoms with Gasteiger partial charge in [-0.05, 0) is 44.4 Å². The van der Waals surface area contributed by atoms with E-state index in [4.69, 9.17) is 5.73 Å². The molecule has 0 aliphatic carbocycles. The van der Waals surface area contributed by atoms with E-state index < -0.39 is 0 Å². The number of rotatable bonds is 3.